The molecule has 1 amide bonds. The maximum atomic E-state index is 12.3. The molecule has 0 unspecified atom stereocenters. The van der Waals surface area contributed by atoms with E-state index in [9.17, 15) is 4.79 Å². The van der Waals surface area contributed by atoms with Crippen LogP contribution in [0.25, 0.3) is 10.9 Å². The first kappa shape index (κ1) is 16.1. The number of amides is 1. The number of pyridine rings is 1. The lowest BCUT2D eigenvalue weighted by Gasteiger charge is -2.34. The van der Waals surface area contributed by atoms with E-state index in [0.717, 1.165) is 36.1 Å². The summed E-state index contributed by atoms with van der Waals surface area (Å²) in [5, 5.41) is 1.64. The van der Waals surface area contributed by atoms with E-state index in [-0.39, 0.29) is 5.91 Å². The summed E-state index contributed by atoms with van der Waals surface area (Å²) in [6.45, 7) is 3.76. The van der Waals surface area contributed by atoms with Gasteiger partial charge in [0.25, 0.3) is 5.91 Å². The topological polar surface area (TPSA) is 49.6 Å². The number of rotatable bonds is 3. The second kappa shape index (κ2) is 6.86. The first-order valence-corrected chi connectivity index (χ1v) is 8.66. The highest BCUT2D eigenvalue weighted by molar-refractivity contribution is 6.30. The van der Waals surface area contributed by atoms with Gasteiger partial charge in [-0.15, -0.1) is 0 Å². The Morgan fingerprint density at radius 3 is 2.72 bits per heavy atom. The molecule has 128 valence electrons. The molecule has 1 aliphatic heterocycles. The lowest BCUT2D eigenvalue weighted by molar-refractivity contribution is 0.0627. The molecule has 0 atom stereocenters. The van der Waals surface area contributed by atoms with E-state index in [1.165, 1.54) is 12.5 Å². The Hall–Kier alpha value is -2.37. The van der Waals surface area contributed by atoms with Crippen molar-refractivity contribution in [3.63, 3.8) is 0 Å². The summed E-state index contributed by atoms with van der Waals surface area (Å²) in [5.74, 6) is 0.0267. The zero-order valence-electron chi connectivity index (χ0n) is 13.7. The third-order valence-electron chi connectivity index (χ3n) is 4.57. The molecule has 1 aromatic carbocycles. The molecule has 2 aromatic heterocycles. The number of furan rings is 1. The predicted molar refractivity (Wildman–Crippen MR) is 96.6 cm³/mol. The summed E-state index contributed by atoms with van der Waals surface area (Å²) >= 11 is 6.36. The normalized spacial score (nSPS) is 15.6. The second-order valence-electron chi connectivity index (χ2n) is 6.21. The highest BCUT2D eigenvalue weighted by atomic mass is 35.5. The van der Waals surface area contributed by atoms with Crippen molar-refractivity contribution < 1.29 is 9.21 Å². The van der Waals surface area contributed by atoms with Gasteiger partial charge < -0.3 is 9.32 Å². The average Bonchev–Trinajstić information content (AvgIpc) is 3.17. The van der Waals surface area contributed by atoms with Crippen molar-refractivity contribution in [3.05, 3.63) is 65.2 Å². The van der Waals surface area contributed by atoms with Crippen LogP contribution in [0, 0.1) is 0 Å². The summed E-state index contributed by atoms with van der Waals surface area (Å²) in [6.07, 6.45) is 3.02. The molecule has 1 aliphatic rings. The van der Waals surface area contributed by atoms with Gasteiger partial charge in [-0.2, -0.15) is 0 Å². The van der Waals surface area contributed by atoms with Crippen molar-refractivity contribution in [3.8, 4) is 0 Å². The van der Waals surface area contributed by atoms with Gasteiger partial charge in [0.2, 0.25) is 0 Å². The Morgan fingerprint density at radius 1 is 1.16 bits per heavy atom. The molecule has 6 heteroatoms. The molecule has 3 aromatic rings. The number of carbonyl (C=O) groups is 1. The molecule has 25 heavy (non-hydrogen) atoms. The van der Waals surface area contributed by atoms with E-state index in [1.807, 2.05) is 29.2 Å². The second-order valence-corrected chi connectivity index (χ2v) is 6.57. The largest absolute Gasteiger partial charge is 0.472 e. The molecular weight excluding hydrogens is 338 g/mol. The van der Waals surface area contributed by atoms with Crippen molar-refractivity contribution in [1.29, 1.82) is 0 Å². The zero-order chi connectivity index (χ0) is 17.2. The Balaban J connectivity index is 1.42. The van der Waals surface area contributed by atoms with E-state index in [0.29, 0.717) is 23.8 Å². The Morgan fingerprint density at radius 2 is 1.96 bits per heavy atom. The van der Waals surface area contributed by atoms with Crippen LogP contribution in [0.3, 0.4) is 0 Å². The molecule has 0 saturated carbocycles. The van der Waals surface area contributed by atoms with Crippen molar-refractivity contribution >= 4 is 28.4 Å². The van der Waals surface area contributed by atoms with Crippen LogP contribution >= 0.6 is 11.6 Å². The quantitative estimate of drug-likeness (QED) is 0.675. The van der Waals surface area contributed by atoms with Gasteiger partial charge in [-0.05, 0) is 18.2 Å². The molecule has 0 spiro atoms. The minimum absolute atomic E-state index is 0.0267. The molecule has 5 nitrogen and oxygen atoms in total. The smallest absolute Gasteiger partial charge is 0.257 e. The molecule has 4 rings (SSSR count). The van der Waals surface area contributed by atoms with Crippen molar-refractivity contribution in [2.75, 3.05) is 26.2 Å². The summed E-state index contributed by atoms with van der Waals surface area (Å²) in [4.78, 5) is 21.0. The van der Waals surface area contributed by atoms with E-state index in [1.54, 1.807) is 6.07 Å². The van der Waals surface area contributed by atoms with Gasteiger partial charge >= 0.3 is 0 Å². The summed E-state index contributed by atoms with van der Waals surface area (Å²) < 4.78 is 5.00. The van der Waals surface area contributed by atoms with Crippen LogP contribution in [0.1, 0.15) is 15.9 Å². The van der Waals surface area contributed by atoms with Crippen molar-refractivity contribution in [1.82, 2.24) is 14.8 Å². The lowest BCUT2D eigenvalue weighted by atomic mass is 10.1. The van der Waals surface area contributed by atoms with Gasteiger partial charge in [0.15, 0.2) is 0 Å². The minimum Gasteiger partial charge on any atom is -0.472 e. The van der Waals surface area contributed by atoms with Crippen LogP contribution < -0.4 is 0 Å². The van der Waals surface area contributed by atoms with Crippen LogP contribution in [-0.2, 0) is 6.54 Å². The Bertz CT molecular complexity index is 887. The molecule has 0 aliphatic carbocycles. The fraction of sp³-hybridized carbons (Fsp3) is 0.263. The molecule has 0 N–H and O–H groups in total. The van der Waals surface area contributed by atoms with Gasteiger partial charge in [0.1, 0.15) is 11.4 Å². The first-order chi connectivity index (χ1) is 12.2. The minimum atomic E-state index is 0.0267. The number of fused-ring (bicyclic) bond motifs is 1. The average molecular weight is 356 g/mol. The predicted octanol–water partition coefficient (Wildman–Crippen LogP) is 3.44. The third kappa shape index (κ3) is 3.38. The molecule has 3 heterocycles. The Labute approximate surface area is 150 Å². The highest BCUT2D eigenvalue weighted by Crippen LogP contribution is 2.22. The van der Waals surface area contributed by atoms with E-state index >= 15 is 0 Å². The first-order valence-electron chi connectivity index (χ1n) is 8.29. The maximum Gasteiger partial charge on any atom is 0.257 e. The summed E-state index contributed by atoms with van der Waals surface area (Å²) in [5.41, 5.74) is 2.54. The standard InChI is InChI=1S/C19H18ClN3O2/c20-18-16(11-14-3-1-2-4-17(14)21-18)12-22-6-8-23(9-7-22)19(24)15-5-10-25-13-15/h1-5,10-11,13H,6-9,12H2. The van der Waals surface area contributed by atoms with Crippen molar-refractivity contribution in [2.24, 2.45) is 0 Å². The van der Waals surface area contributed by atoms with Gasteiger partial charge in [-0.25, -0.2) is 4.98 Å². The third-order valence-corrected chi connectivity index (χ3v) is 4.90. The van der Waals surface area contributed by atoms with Crippen molar-refractivity contribution in [2.45, 2.75) is 6.54 Å². The van der Waals surface area contributed by atoms with Crippen LogP contribution in [0.15, 0.2) is 53.3 Å². The van der Waals surface area contributed by atoms with E-state index in [4.69, 9.17) is 16.0 Å². The summed E-state index contributed by atoms with van der Waals surface area (Å²) in [7, 11) is 0. The fourth-order valence-electron chi connectivity index (χ4n) is 3.17. The molecule has 1 saturated heterocycles. The van der Waals surface area contributed by atoms with Gasteiger partial charge in [0.05, 0.1) is 17.3 Å². The number of hydrogen-bond acceptors (Lipinski definition) is 4. The van der Waals surface area contributed by atoms with Gasteiger partial charge in [-0.3, -0.25) is 9.69 Å². The van der Waals surface area contributed by atoms with Crippen LogP contribution in [0.5, 0.6) is 0 Å². The van der Waals surface area contributed by atoms with Crippen LogP contribution in [0.4, 0.5) is 0 Å². The molecule has 1 fully saturated rings. The fourth-order valence-corrected chi connectivity index (χ4v) is 3.37. The molecule has 0 bridgehead atoms. The monoisotopic (exact) mass is 355 g/mol. The number of para-hydroxylation sites is 1. The molecule has 0 radical (unpaired) electrons. The Kier molecular flexibility index (Phi) is 4.42. The number of carbonyl (C=O) groups excluding carboxylic acids is 1. The number of piperazine rings is 1. The highest BCUT2D eigenvalue weighted by Gasteiger charge is 2.23. The van der Waals surface area contributed by atoms with E-state index in [2.05, 4.69) is 16.0 Å². The number of aromatic nitrogens is 1. The van der Waals surface area contributed by atoms with Crippen LogP contribution in [-0.4, -0.2) is 46.9 Å². The SMILES string of the molecule is O=C(c1ccoc1)N1CCN(Cc2cc3ccccc3nc2Cl)CC1. The van der Waals surface area contributed by atoms with Gasteiger partial charge in [-0.1, -0.05) is 29.8 Å². The van der Waals surface area contributed by atoms with E-state index < -0.39 is 0 Å². The molecular formula is C19H18ClN3O2. The summed E-state index contributed by atoms with van der Waals surface area (Å²) in [6, 6.07) is 11.8. The van der Waals surface area contributed by atoms with Crippen LogP contribution in [0.2, 0.25) is 5.15 Å². The van der Waals surface area contributed by atoms with Gasteiger partial charge in [0, 0.05) is 43.7 Å². The number of nitrogens with zero attached hydrogens (tertiary/aromatic N) is 3. The number of benzene rings is 1. The number of hydrogen-bond donors (Lipinski definition) is 0. The lowest BCUT2D eigenvalue weighted by Crippen LogP contribution is -2.48. The zero-order valence-corrected chi connectivity index (χ0v) is 14.4. The number of halogens is 1. The maximum absolute atomic E-state index is 12.3.